The Morgan fingerprint density at radius 2 is 2.21 bits per heavy atom. The van der Waals surface area contributed by atoms with Crippen LogP contribution in [0.5, 0.6) is 0 Å². The lowest BCUT2D eigenvalue weighted by Crippen LogP contribution is -2.27. The molecular formula is C6H4ClN3O2S2. The minimum absolute atomic E-state index is 0.176. The van der Waals surface area contributed by atoms with Gasteiger partial charge in [-0.2, -0.15) is 0 Å². The SMILES string of the molecule is O=C1CSC(=O)N1Cc1nnc(Cl)s1. The van der Waals surface area contributed by atoms with Gasteiger partial charge in [-0.25, -0.2) is 0 Å². The van der Waals surface area contributed by atoms with Gasteiger partial charge in [0, 0.05) is 0 Å². The van der Waals surface area contributed by atoms with Crippen LogP contribution < -0.4 is 0 Å². The minimum atomic E-state index is -0.235. The van der Waals surface area contributed by atoms with Crippen LogP contribution in [0.3, 0.4) is 0 Å². The first-order chi connectivity index (χ1) is 6.66. The maximum Gasteiger partial charge on any atom is 0.289 e. The van der Waals surface area contributed by atoms with Crippen molar-refractivity contribution in [1.82, 2.24) is 15.1 Å². The molecule has 0 unspecified atom stereocenters. The molecule has 2 amide bonds. The number of thioether (sulfide) groups is 1. The Morgan fingerprint density at radius 3 is 2.71 bits per heavy atom. The van der Waals surface area contributed by atoms with E-state index in [2.05, 4.69) is 10.2 Å². The van der Waals surface area contributed by atoms with E-state index in [1.54, 1.807) is 0 Å². The number of nitrogens with zero attached hydrogens (tertiary/aromatic N) is 3. The first-order valence-electron chi connectivity index (χ1n) is 3.62. The fourth-order valence-corrected chi connectivity index (χ4v) is 2.55. The Hall–Kier alpha value is -0.660. The fraction of sp³-hybridized carbons (Fsp3) is 0.333. The molecule has 2 rings (SSSR count). The second-order valence-corrected chi connectivity index (χ2v) is 5.05. The number of halogens is 1. The van der Waals surface area contributed by atoms with Crippen molar-refractivity contribution in [2.45, 2.75) is 6.54 Å². The maximum absolute atomic E-state index is 11.2. The van der Waals surface area contributed by atoms with Crippen molar-refractivity contribution in [3.05, 3.63) is 9.47 Å². The topological polar surface area (TPSA) is 63.2 Å². The van der Waals surface area contributed by atoms with Crippen LogP contribution in [0.4, 0.5) is 4.79 Å². The van der Waals surface area contributed by atoms with E-state index < -0.39 is 0 Å². The van der Waals surface area contributed by atoms with E-state index in [1.165, 1.54) is 11.3 Å². The monoisotopic (exact) mass is 249 g/mol. The van der Waals surface area contributed by atoms with Gasteiger partial charge >= 0.3 is 0 Å². The first kappa shape index (κ1) is 9.88. The van der Waals surface area contributed by atoms with Crippen molar-refractivity contribution in [1.29, 1.82) is 0 Å². The highest BCUT2D eigenvalue weighted by Gasteiger charge is 2.30. The summed E-state index contributed by atoms with van der Waals surface area (Å²) in [6.07, 6.45) is 0. The quantitative estimate of drug-likeness (QED) is 0.793. The zero-order valence-corrected chi connectivity index (χ0v) is 9.16. The highest BCUT2D eigenvalue weighted by atomic mass is 35.5. The zero-order valence-electron chi connectivity index (χ0n) is 6.77. The van der Waals surface area contributed by atoms with Gasteiger partial charge in [0.25, 0.3) is 5.24 Å². The Labute approximate surface area is 92.4 Å². The van der Waals surface area contributed by atoms with Crippen LogP contribution in [0.1, 0.15) is 5.01 Å². The van der Waals surface area contributed by atoms with E-state index in [0.29, 0.717) is 9.47 Å². The summed E-state index contributed by atoms with van der Waals surface area (Å²) in [5, 5.41) is 7.65. The molecule has 0 aliphatic carbocycles. The molecule has 8 heteroatoms. The van der Waals surface area contributed by atoms with Gasteiger partial charge in [0.15, 0.2) is 0 Å². The molecule has 0 N–H and O–H groups in total. The molecule has 0 bridgehead atoms. The van der Waals surface area contributed by atoms with E-state index in [0.717, 1.165) is 16.7 Å². The van der Waals surface area contributed by atoms with Gasteiger partial charge in [-0.05, 0) is 11.6 Å². The molecule has 5 nitrogen and oxygen atoms in total. The summed E-state index contributed by atoms with van der Waals surface area (Å²) < 4.78 is 0.312. The van der Waals surface area contributed by atoms with Crippen LogP contribution in [-0.4, -0.2) is 32.0 Å². The van der Waals surface area contributed by atoms with E-state index in [1.807, 2.05) is 0 Å². The van der Waals surface area contributed by atoms with Crippen LogP contribution in [0, 0.1) is 0 Å². The summed E-state index contributed by atoms with van der Waals surface area (Å²) in [5.74, 6) is 0.0251. The third-order valence-electron chi connectivity index (χ3n) is 1.58. The molecule has 1 aromatic rings. The number of aromatic nitrogens is 2. The maximum atomic E-state index is 11.2. The Kier molecular flexibility index (Phi) is 2.71. The molecule has 0 atom stereocenters. The number of imide groups is 1. The van der Waals surface area contributed by atoms with E-state index in [4.69, 9.17) is 11.6 Å². The summed E-state index contributed by atoms with van der Waals surface area (Å²) in [5.41, 5.74) is 0. The average molecular weight is 250 g/mol. The number of carbonyl (C=O) groups excluding carboxylic acids is 2. The van der Waals surface area contributed by atoms with Gasteiger partial charge < -0.3 is 0 Å². The largest absolute Gasteiger partial charge is 0.289 e. The molecule has 1 aliphatic rings. The second-order valence-electron chi connectivity index (χ2n) is 2.48. The molecule has 0 aromatic carbocycles. The smallest absolute Gasteiger partial charge is 0.273 e. The van der Waals surface area contributed by atoms with E-state index in [9.17, 15) is 9.59 Å². The van der Waals surface area contributed by atoms with E-state index in [-0.39, 0.29) is 23.4 Å². The molecule has 1 saturated heterocycles. The average Bonchev–Trinajstić information content (AvgIpc) is 2.67. The lowest BCUT2D eigenvalue weighted by molar-refractivity contribution is -0.125. The van der Waals surface area contributed by atoms with Crippen molar-refractivity contribution in [2.24, 2.45) is 0 Å². The Morgan fingerprint density at radius 1 is 1.43 bits per heavy atom. The van der Waals surface area contributed by atoms with Crippen molar-refractivity contribution < 1.29 is 9.59 Å². The second kappa shape index (κ2) is 3.84. The number of hydrogen-bond acceptors (Lipinski definition) is 6. The molecule has 0 saturated carbocycles. The first-order valence-corrected chi connectivity index (χ1v) is 5.80. The lowest BCUT2D eigenvalue weighted by Gasteiger charge is -2.08. The van der Waals surface area contributed by atoms with Crippen molar-refractivity contribution in [2.75, 3.05) is 5.75 Å². The molecule has 1 aromatic heterocycles. The minimum Gasteiger partial charge on any atom is -0.273 e. The van der Waals surface area contributed by atoms with Crippen molar-refractivity contribution in [3.63, 3.8) is 0 Å². The van der Waals surface area contributed by atoms with Gasteiger partial charge in [0.1, 0.15) is 5.01 Å². The molecule has 14 heavy (non-hydrogen) atoms. The zero-order chi connectivity index (χ0) is 10.1. The van der Waals surface area contributed by atoms with Crippen LogP contribution in [0.15, 0.2) is 0 Å². The Bertz CT molecular complexity index is 378. The summed E-state index contributed by atoms with van der Waals surface area (Å²) in [6.45, 7) is 0.176. The standard InChI is InChI=1S/C6H4ClN3O2S2/c7-5-9-8-3(14-5)1-10-4(11)2-13-6(10)12/h1-2H2. The van der Waals surface area contributed by atoms with Crippen molar-refractivity contribution >= 4 is 45.8 Å². The third-order valence-corrected chi connectivity index (χ3v) is 3.44. The highest BCUT2D eigenvalue weighted by Crippen LogP contribution is 2.23. The number of carbonyl (C=O) groups is 2. The number of hydrogen-bond donors (Lipinski definition) is 0. The third kappa shape index (κ3) is 1.89. The van der Waals surface area contributed by atoms with Crippen LogP contribution in [0.25, 0.3) is 0 Å². The summed E-state index contributed by atoms with van der Waals surface area (Å²) in [6, 6.07) is 0. The Balaban J connectivity index is 2.10. The van der Waals surface area contributed by atoms with Gasteiger partial charge in [-0.3, -0.25) is 14.5 Å². The molecule has 1 fully saturated rings. The fourth-order valence-electron chi connectivity index (χ4n) is 0.966. The normalized spacial score (nSPS) is 16.8. The summed E-state index contributed by atoms with van der Waals surface area (Å²) in [7, 11) is 0. The molecule has 2 heterocycles. The van der Waals surface area contributed by atoms with Gasteiger partial charge in [0.2, 0.25) is 10.4 Å². The van der Waals surface area contributed by atoms with Crippen LogP contribution >= 0.6 is 34.7 Å². The molecule has 74 valence electrons. The van der Waals surface area contributed by atoms with Crippen LogP contribution in [0.2, 0.25) is 4.47 Å². The molecule has 1 aliphatic heterocycles. The predicted octanol–water partition coefficient (Wildman–Crippen LogP) is 1.39. The summed E-state index contributed by atoms with van der Waals surface area (Å²) in [4.78, 5) is 23.5. The number of rotatable bonds is 2. The van der Waals surface area contributed by atoms with Crippen molar-refractivity contribution in [3.8, 4) is 0 Å². The summed E-state index contributed by atoms with van der Waals surface area (Å²) >= 11 is 7.74. The highest BCUT2D eigenvalue weighted by molar-refractivity contribution is 8.14. The van der Waals surface area contributed by atoms with E-state index >= 15 is 0 Å². The predicted molar refractivity (Wildman–Crippen MR) is 53.3 cm³/mol. The number of amides is 2. The molecular weight excluding hydrogens is 246 g/mol. The molecule has 0 radical (unpaired) electrons. The van der Waals surface area contributed by atoms with Gasteiger partial charge in [-0.15, -0.1) is 10.2 Å². The van der Waals surface area contributed by atoms with Gasteiger partial charge in [0.05, 0.1) is 12.3 Å². The lowest BCUT2D eigenvalue weighted by atomic mass is 10.5. The molecule has 0 spiro atoms. The van der Waals surface area contributed by atoms with Crippen LogP contribution in [-0.2, 0) is 11.3 Å². The van der Waals surface area contributed by atoms with Gasteiger partial charge in [-0.1, -0.05) is 23.1 Å².